The molecule has 2 nitrogen and oxygen atoms in total. The molecule has 0 aliphatic carbocycles. The molecule has 0 saturated heterocycles. The molecule has 0 fully saturated rings. The maximum absolute atomic E-state index is 5.84. The van der Waals surface area contributed by atoms with Crippen LogP contribution in [0.4, 0.5) is 0 Å². The van der Waals surface area contributed by atoms with Crippen LogP contribution in [0.15, 0.2) is 29.8 Å². The maximum Gasteiger partial charge on any atom is 0.0845 e. The molecule has 0 aromatic carbocycles. The highest BCUT2D eigenvalue weighted by Crippen LogP contribution is 2.28. The Balaban J connectivity index is 2.37. The second kappa shape index (κ2) is 4.95. The van der Waals surface area contributed by atoms with Gasteiger partial charge in [-0.05, 0) is 43.1 Å². The molecule has 0 aliphatic heterocycles. The average Bonchev–Trinajstić information content (AvgIpc) is 2.69. The summed E-state index contributed by atoms with van der Waals surface area (Å²) in [5.41, 5.74) is 2.29. The van der Waals surface area contributed by atoms with Crippen molar-refractivity contribution in [1.82, 2.24) is 10.3 Å². The van der Waals surface area contributed by atoms with E-state index in [1.54, 1.807) is 17.5 Å². The quantitative estimate of drug-likeness (QED) is 0.906. The molecule has 4 heteroatoms. The predicted octanol–water partition coefficient (Wildman–Crippen LogP) is 3.41. The van der Waals surface area contributed by atoms with E-state index in [-0.39, 0.29) is 6.04 Å². The molecule has 0 saturated carbocycles. The van der Waals surface area contributed by atoms with Crippen molar-refractivity contribution in [3.05, 3.63) is 50.9 Å². The van der Waals surface area contributed by atoms with E-state index in [0.29, 0.717) is 5.02 Å². The third-order valence-corrected chi connectivity index (χ3v) is 3.81. The average molecular weight is 253 g/mol. The van der Waals surface area contributed by atoms with Gasteiger partial charge >= 0.3 is 0 Å². The molecule has 1 N–H and O–H groups in total. The minimum Gasteiger partial charge on any atom is -0.307 e. The van der Waals surface area contributed by atoms with Crippen molar-refractivity contribution in [3.63, 3.8) is 0 Å². The Labute approximate surface area is 104 Å². The second-order valence-corrected chi connectivity index (χ2v) is 4.97. The highest BCUT2D eigenvalue weighted by atomic mass is 35.5. The van der Waals surface area contributed by atoms with Crippen molar-refractivity contribution in [3.8, 4) is 0 Å². The van der Waals surface area contributed by atoms with E-state index in [1.165, 1.54) is 10.4 Å². The number of halogens is 1. The molecule has 16 heavy (non-hydrogen) atoms. The lowest BCUT2D eigenvalue weighted by molar-refractivity contribution is 0.679. The van der Waals surface area contributed by atoms with Crippen LogP contribution < -0.4 is 5.32 Å². The lowest BCUT2D eigenvalue weighted by Crippen LogP contribution is -2.18. The maximum atomic E-state index is 5.84. The normalized spacial score (nSPS) is 12.7. The van der Waals surface area contributed by atoms with Crippen molar-refractivity contribution in [2.24, 2.45) is 0 Å². The van der Waals surface area contributed by atoms with Crippen LogP contribution in [0.5, 0.6) is 0 Å². The first-order chi connectivity index (χ1) is 7.72. The Bertz CT molecular complexity index is 464. The fourth-order valence-corrected chi connectivity index (χ4v) is 2.81. The van der Waals surface area contributed by atoms with Crippen molar-refractivity contribution in [1.29, 1.82) is 0 Å². The topological polar surface area (TPSA) is 24.9 Å². The van der Waals surface area contributed by atoms with Gasteiger partial charge in [-0.15, -0.1) is 11.3 Å². The molecule has 2 aromatic rings. The van der Waals surface area contributed by atoms with Gasteiger partial charge in [0.1, 0.15) is 0 Å². The number of hydrogen-bond donors (Lipinski definition) is 1. The molecule has 0 radical (unpaired) electrons. The van der Waals surface area contributed by atoms with Crippen LogP contribution in [-0.4, -0.2) is 12.0 Å². The van der Waals surface area contributed by atoms with Gasteiger partial charge in [0.2, 0.25) is 0 Å². The number of aromatic nitrogens is 1. The molecule has 0 aliphatic rings. The van der Waals surface area contributed by atoms with E-state index in [2.05, 4.69) is 28.7 Å². The second-order valence-electron chi connectivity index (χ2n) is 3.59. The van der Waals surface area contributed by atoms with Gasteiger partial charge in [-0.25, -0.2) is 0 Å². The smallest absolute Gasteiger partial charge is 0.0845 e. The Hall–Kier alpha value is -0.900. The van der Waals surface area contributed by atoms with Gasteiger partial charge in [0.25, 0.3) is 0 Å². The zero-order chi connectivity index (χ0) is 11.5. The van der Waals surface area contributed by atoms with Gasteiger partial charge in [0.15, 0.2) is 0 Å². The third-order valence-electron chi connectivity index (χ3n) is 2.50. The SMILES string of the molecule is CNC(c1ccc(Cl)cn1)c1sccc1C. The standard InChI is InChI=1S/C12H13ClN2S/c1-8-5-6-16-12(8)11(14-2)10-4-3-9(13)7-15-10/h3-7,11,14H,1-2H3. The summed E-state index contributed by atoms with van der Waals surface area (Å²) >= 11 is 7.58. The lowest BCUT2D eigenvalue weighted by Gasteiger charge is -2.15. The van der Waals surface area contributed by atoms with E-state index >= 15 is 0 Å². The van der Waals surface area contributed by atoms with Crippen molar-refractivity contribution >= 4 is 22.9 Å². The van der Waals surface area contributed by atoms with Gasteiger partial charge in [-0.1, -0.05) is 11.6 Å². The molecule has 2 rings (SSSR count). The number of aryl methyl sites for hydroxylation is 1. The highest BCUT2D eigenvalue weighted by molar-refractivity contribution is 7.10. The monoisotopic (exact) mass is 252 g/mol. The summed E-state index contributed by atoms with van der Waals surface area (Å²) < 4.78 is 0. The number of nitrogens with one attached hydrogen (secondary N) is 1. The summed E-state index contributed by atoms with van der Waals surface area (Å²) in [5.74, 6) is 0. The van der Waals surface area contributed by atoms with E-state index in [0.717, 1.165) is 5.69 Å². The predicted molar refractivity (Wildman–Crippen MR) is 69.2 cm³/mol. The molecule has 1 atom stereocenters. The number of thiophene rings is 1. The molecular weight excluding hydrogens is 240 g/mol. The first-order valence-corrected chi connectivity index (χ1v) is 6.31. The van der Waals surface area contributed by atoms with Gasteiger partial charge in [0.05, 0.1) is 16.8 Å². The molecule has 2 aromatic heterocycles. The van der Waals surface area contributed by atoms with Crippen LogP contribution in [0.25, 0.3) is 0 Å². The van der Waals surface area contributed by atoms with Crippen LogP contribution in [0.1, 0.15) is 22.2 Å². The summed E-state index contributed by atoms with van der Waals surface area (Å²) in [6.45, 7) is 2.12. The zero-order valence-electron chi connectivity index (χ0n) is 9.20. The Morgan fingerprint density at radius 2 is 2.19 bits per heavy atom. The number of pyridine rings is 1. The summed E-state index contributed by atoms with van der Waals surface area (Å²) in [6, 6.07) is 6.11. The van der Waals surface area contributed by atoms with Crippen LogP contribution in [-0.2, 0) is 0 Å². The summed E-state index contributed by atoms with van der Waals surface area (Å²) in [7, 11) is 1.94. The van der Waals surface area contributed by atoms with E-state index in [4.69, 9.17) is 11.6 Å². The van der Waals surface area contributed by atoms with Crippen LogP contribution in [0.3, 0.4) is 0 Å². The summed E-state index contributed by atoms with van der Waals surface area (Å²) in [4.78, 5) is 5.66. The minimum absolute atomic E-state index is 0.150. The van der Waals surface area contributed by atoms with Crippen LogP contribution in [0.2, 0.25) is 5.02 Å². The Morgan fingerprint density at radius 3 is 2.69 bits per heavy atom. The fraction of sp³-hybridized carbons (Fsp3) is 0.250. The van der Waals surface area contributed by atoms with Crippen molar-refractivity contribution in [2.75, 3.05) is 7.05 Å². The summed E-state index contributed by atoms with van der Waals surface area (Å²) in [6.07, 6.45) is 1.68. The van der Waals surface area contributed by atoms with Crippen LogP contribution in [0, 0.1) is 6.92 Å². The molecule has 0 bridgehead atoms. The van der Waals surface area contributed by atoms with Crippen molar-refractivity contribution in [2.45, 2.75) is 13.0 Å². The molecular formula is C12H13ClN2S. The summed E-state index contributed by atoms with van der Waals surface area (Å²) in [5, 5.41) is 6.06. The van der Waals surface area contributed by atoms with Gasteiger partial charge < -0.3 is 5.32 Å². The largest absolute Gasteiger partial charge is 0.307 e. The fourth-order valence-electron chi connectivity index (χ4n) is 1.65. The zero-order valence-corrected chi connectivity index (χ0v) is 10.8. The van der Waals surface area contributed by atoms with Gasteiger partial charge in [-0.2, -0.15) is 0 Å². The lowest BCUT2D eigenvalue weighted by atomic mass is 10.1. The molecule has 1 unspecified atom stereocenters. The third kappa shape index (κ3) is 2.26. The first kappa shape index (κ1) is 11.6. The minimum atomic E-state index is 0.150. The van der Waals surface area contributed by atoms with Crippen LogP contribution >= 0.6 is 22.9 Å². The van der Waals surface area contributed by atoms with Gasteiger partial charge in [0, 0.05) is 11.1 Å². The number of nitrogens with zero attached hydrogens (tertiary/aromatic N) is 1. The Morgan fingerprint density at radius 1 is 1.38 bits per heavy atom. The van der Waals surface area contributed by atoms with E-state index in [9.17, 15) is 0 Å². The van der Waals surface area contributed by atoms with E-state index < -0.39 is 0 Å². The van der Waals surface area contributed by atoms with E-state index in [1.807, 2.05) is 19.2 Å². The molecule has 0 amide bonds. The highest BCUT2D eigenvalue weighted by Gasteiger charge is 2.16. The first-order valence-electron chi connectivity index (χ1n) is 5.05. The Kier molecular flexibility index (Phi) is 3.59. The van der Waals surface area contributed by atoms with Gasteiger partial charge in [-0.3, -0.25) is 4.98 Å². The number of hydrogen-bond acceptors (Lipinski definition) is 3. The molecule has 2 heterocycles. The number of rotatable bonds is 3. The van der Waals surface area contributed by atoms with Crippen molar-refractivity contribution < 1.29 is 0 Å². The molecule has 0 spiro atoms. The molecule has 84 valence electrons.